The van der Waals surface area contributed by atoms with Crippen LogP contribution in [0.1, 0.15) is 24.4 Å². The summed E-state index contributed by atoms with van der Waals surface area (Å²) < 4.78 is 1.96. The first-order valence-electron chi connectivity index (χ1n) is 4.37. The summed E-state index contributed by atoms with van der Waals surface area (Å²) in [6.07, 6.45) is 0. The molecule has 0 bridgehead atoms. The van der Waals surface area contributed by atoms with Crippen LogP contribution in [0.3, 0.4) is 0 Å². The third-order valence-electron chi connectivity index (χ3n) is 2.17. The molecule has 0 aliphatic rings. The van der Waals surface area contributed by atoms with Gasteiger partial charge in [0.2, 0.25) is 0 Å². The Morgan fingerprint density at radius 3 is 2.23 bits per heavy atom. The molecule has 0 aromatic carbocycles. The number of aliphatic hydroxyl groups is 1. The van der Waals surface area contributed by atoms with E-state index < -0.39 is 0 Å². The maximum atomic E-state index is 11.1. The predicted molar refractivity (Wildman–Crippen MR) is 52.0 cm³/mol. The van der Waals surface area contributed by atoms with Gasteiger partial charge in [-0.05, 0) is 20.8 Å². The highest BCUT2D eigenvalue weighted by atomic mass is 16.3. The summed E-state index contributed by atoms with van der Waals surface area (Å²) in [7, 11) is 0. The highest BCUT2D eigenvalue weighted by molar-refractivity contribution is 5.13. The Balaban J connectivity index is 3.28. The summed E-state index contributed by atoms with van der Waals surface area (Å²) in [6, 6.07) is 3.19. The lowest BCUT2D eigenvalue weighted by atomic mass is 10.2. The molecule has 72 valence electrons. The van der Waals surface area contributed by atoms with Gasteiger partial charge in [0.05, 0.1) is 12.6 Å². The van der Waals surface area contributed by atoms with E-state index in [-0.39, 0.29) is 18.1 Å². The van der Waals surface area contributed by atoms with Gasteiger partial charge < -0.3 is 9.67 Å². The van der Waals surface area contributed by atoms with Crippen LogP contribution in [0, 0.1) is 13.8 Å². The van der Waals surface area contributed by atoms with Crippen molar-refractivity contribution in [3.63, 3.8) is 0 Å². The van der Waals surface area contributed by atoms with E-state index in [9.17, 15) is 4.79 Å². The molecule has 0 unspecified atom stereocenters. The molecule has 0 fully saturated rings. The molecule has 0 aliphatic heterocycles. The summed E-state index contributed by atoms with van der Waals surface area (Å²) in [6.45, 7) is 5.76. The van der Waals surface area contributed by atoms with Crippen molar-refractivity contribution in [1.82, 2.24) is 4.57 Å². The standard InChI is InChI=1S/C10H15NO2/c1-7-4-10(13)5-8(2)11(7)9(3)6-12/h4-5,9,12H,6H2,1-3H3/t9-/m0/s1. The maximum Gasteiger partial charge on any atom is 0.182 e. The van der Waals surface area contributed by atoms with Gasteiger partial charge in [-0.15, -0.1) is 0 Å². The Kier molecular flexibility index (Phi) is 2.88. The molecule has 3 nitrogen and oxygen atoms in total. The number of aryl methyl sites for hydroxylation is 2. The van der Waals surface area contributed by atoms with Gasteiger partial charge in [0.1, 0.15) is 0 Å². The predicted octanol–water partition coefficient (Wildman–Crippen LogP) is 1.02. The minimum absolute atomic E-state index is 0.0244. The van der Waals surface area contributed by atoms with Crippen LogP contribution in [-0.4, -0.2) is 16.3 Å². The van der Waals surface area contributed by atoms with Crippen LogP contribution >= 0.6 is 0 Å². The molecule has 1 N–H and O–H groups in total. The molecule has 0 aliphatic carbocycles. The molecule has 1 aromatic rings. The zero-order valence-corrected chi connectivity index (χ0v) is 8.24. The van der Waals surface area contributed by atoms with Crippen LogP contribution < -0.4 is 5.43 Å². The molecule has 0 amide bonds. The first-order chi connectivity index (χ1) is 6.06. The lowest BCUT2D eigenvalue weighted by Gasteiger charge is -2.19. The molecule has 1 rings (SSSR count). The molecule has 13 heavy (non-hydrogen) atoms. The zero-order valence-electron chi connectivity index (χ0n) is 8.24. The van der Waals surface area contributed by atoms with Crippen LogP contribution in [0.2, 0.25) is 0 Å². The lowest BCUT2D eigenvalue weighted by Crippen LogP contribution is -2.18. The zero-order chi connectivity index (χ0) is 10.0. The summed E-state index contributed by atoms with van der Waals surface area (Å²) in [5.41, 5.74) is 1.81. The second-order valence-electron chi connectivity index (χ2n) is 3.38. The minimum Gasteiger partial charge on any atom is -0.394 e. The van der Waals surface area contributed by atoms with E-state index in [2.05, 4.69) is 0 Å². The van der Waals surface area contributed by atoms with E-state index in [1.165, 1.54) is 0 Å². The average Bonchev–Trinajstić information content (AvgIpc) is 2.02. The largest absolute Gasteiger partial charge is 0.394 e. The quantitative estimate of drug-likeness (QED) is 0.740. The molecule has 0 saturated heterocycles. The summed E-state index contributed by atoms with van der Waals surface area (Å²) in [5, 5.41) is 9.01. The number of aromatic nitrogens is 1. The highest BCUT2D eigenvalue weighted by Gasteiger charge is 2.07. The second-order valence-corrected chi connectivity index (χ2v) is 3.38. The smallest absolute Gasteiger partial charge is 0.182 e. The van der Waals surface area contributed by atoms with E-state index >= 15 is 0 Å². The molecule has 1 aromatic heterocycles. The van der Waals surface area contributed by atoms with Gasteiger partial charge in [-0.2, -0.15) is 0 Å². The van der Waals surface area contributed by atoms with Gasteiger partial charge in [-0.25, -0.2) is 0 Å². The maximum absolute atomic E-state index is 11.1. The molecule has 0 radical (unpaired) electrons. The molecular weight excluding hydrogens is 166 g/mol. The Morgan fingerprint density at radius 2 is 1.85 bits per heavy atom. The topological polar surface area (TPSA) is 42.2 Å². The van der Waals surface area contributed by atoms with Crippen LogP contribution in [0.25, 0.3) is 0 Å². The first kappa shape index (κ1) is 9.99. The van der Waals surface area contributed by atoms with Crippen molar-refractivity contribution in [3.8, 4) is 0 Å². The number of pyridine rings is 1. The number of hydrogen-bond acceptors (Lipinski definition) is 2. The van der Waals surface area contributed by atoms with E-state index in [1.54, 1.807) is 12.1 Å². The molecular formula is C10H15NO2. The summed E-state index contributed by atoms with van der Waals surface area (Å²) >= 11 is 0. The third kappa shape index (κ3) is 1.98. The fourth-order valence-electron chi connectivity index (χ4n) is 1.65. The van der Waals surface area contributed by atoms with E-state index in [4.69, 9.17) is 5.11 Å². The second kappa shape index (κ2) is 3.75. The molecule has 1 heterocycles. The highest BCUT2D eigenvalue weighted by Crippen LogP contribution is 2.10. The van der Waals surface area contributed by atoms with Crippen LogP contribution in [0.5, 0.6) is 0 Å². The summed E-state index contributed by atoms with van der Waals surface area (Å²) in [4.78, 5) is 11.1. The van der Waals surface area contributed by atoms with E-state index in [1.807, 2.05) is 25.3 Å². The third-order valence-corrected chi connectivity index (χ3v) is 2.17. The monoisotopic (exact) mass is 181 g/mol. The minimum atomic E-state index is 0.0244. The van der Waals surface area contributed by atoms with Crippen LogP contribution in [0.4, 0.5) is 0 Å². The van der Waals surface area contributed by atoms with Crippen molar-refractivity contribution in [2.24, 2.45) is 0 Å². The fourth-order valence-corrected chi connectivity index (χ4v) is 1.65. The van der Waals surface area contributed by atoms with Crippen molar-refractivity contribution < 1.29 is 5.11 Å². The Labute approximate surface area is 77.6 Å². The molecule has 0 saturated carbocycles. The van der Waals surface area contributed by atoms with Crippen molar-refractivity contribution in [3.05, 3.63) is 33.7 Å². The van der Waals surface area contributed by atoms with E-state index in [0.717, 1.165) is 11.4 Å². The van der Waals surface area contributed by atoms with Crippen molar-refractivity contribution in [1.29, 1.82) is 0 Å². The SMILES string of the molecule is Cc1cc(=O)cc(C)n1[C@@H](C)CO. The normalized spacial score (nSPS) is 12.9. The van der Waals surface area contributed by atoms with Gasteiger partial charge in [0.25, 0.3) is 0 Å². The Bertz CT molecular complexity index is 328. The fraction of sp³-hybridized carbons (Fsp3) is 0.500. The number of nitrogens with zero attached hydrogens (tertiary/aromatic N) is 1. The van der Waals surface area contributed by atoms with Gasteiger partial charge >= 0.3 is 0 Å². The van der Waals surface area contributed by atoms with Crippen molar-refractivity contribution in [2.45, 2.75) is 26.8 Å². The van der Waals surface area contributed by atoms with E-state index in [0.29, 0.717) is 0 Å². The van der Waals surface area contributed by atoms with Gasteiger partial charge in [-0.1, -0.05) is 0 Å². The Hall–Kier alpha value is -1.09. The van der Waals surface area contributed by atoms with Crippen LogP contribution in [0.15, 0.2) is 16.9 Å². The lowest BCUT2D eigenvalue weighted by molar-refractivity contribution is 0.235. The number of hydrogen-bond donors (Lipinski definition) is 1. The number of rotatable bonds is 2. The molecule has 0 spiro atoms. The van der Waals surface area contributed by atoms with Gasteiger partial charge in [0.15, 0.2) is 5.43 Å². The van der Waals surface area contributed by atoms with Crippen molar-refractivity contribution >= 4 is 0 Å². The van der Waals surface area contributed by atoms with Gasteiger partial charge in [-0.3, -0.25) is 4.79 Å². The van der Waals surface area contributed by atoms with Gasteiger partial charge in [0, 0.05) is 23.5 Å². The summed E-state index contributed by atoms with van der Waals surface area (Å²) in [5.74, 6) is 0. The van der Waals surface area contributed by atoms with Crippen molar-refractivity contribution in [2.75, 3.05) is 6.61 Å². The Morgan fingerprint density at radius 1 is 1.38 bits per heavy atom. The molecule has 3 heteroatoms. The number of aliphatic hydroxyl groups excluding tert-OH is 1. The van der Waals surface area contributed by atoms with Crippen LogP contribution in [-0.2, 0) is 0 Å². The molecule has 1 atom stereocenters. The average molecular weight is 181 g/mol. The first-order valence-corrected chi connectivity index (χ1v) is 4.37.